The maximum Gasteiger partial charge on any atom is 0.279 e. The SMILES string of the molecule is CCN1CCC[C@@H]1CN(C(=O)c1nc[nH]c1C(N)=O)c1ccc(NC(=O)c2ccc(F)cc2Cl)cc1. The van der Waals surface area contributed by atoms with Gasteiger partial charge in [0.05, 0.1) is 16.9 Å². The van der Waals surface area contributed by atoms with Crippen molar-refractivity contribution in [2.45, 2.75) is 25.8 Å². The maximum absolute atomic E-state index is 13.5. The zero-order valence-corrected chi connectivity index (χ0v) is 20.4. The van der Waals surface area contributed by atoms with Gasteiger partial charge in [0.2, 0.25) is 0 Å². The first-order valence-corrected chi connectivity index (χ1v) is 11.9. The van der Waals surface area contributed by atoms with E-state index in [1.54, 1.807) is 29.2 Å². The Hall–Kier alpha value is -3.76. The van der Waals surface area contributed by atoms with Crippen molar-refractivity contribution in [2.24, 2.45) is 5.73 Å². The van der Waals surface area contributed by atoms with Crippen molar-refractivity contribution in [3.8, 4) is 0 Å². The molecule has 36 heavy (non-hydrogen) atoms. The predicted molar refractivity (Wildman–Crippen MR) is 135 cm³/mol. The number of nitrogens with two attached hydrogens (primary N) is 1. The Kier molecular flexibility index (Phi) is 7.66. The van der Waals surface area contributed by atoms with Gasteiger partial charge >= 0.3 is 0 Å². The molecule has 4 rings (SSSR count). The standard InChI is InChI=1S/C25H26ClFN6O3/c1-2-32-11-3-4-18(32)13-33(25(36)22-21(23(28)34)29-14-30-22)17-8-6-16(7-9-17)31-24(35)19-10-5-15(27)12-20(19)26/h5-10,12,14,18H,2-4,11,13H2,1H3,(H2,28,34)(H,29,30)(H,31,35)/t18-/m1/s1. The molecule has 2 heterocycles. The summed E-state index contributed by atoms with van der Waals surface area (Å²) in [6, 6.07) is 10.4. The van der Waals surface area contributed by atoms with Crippen LogP contribution in [0.15, 0.2) is 48.8 Å². The number of halogens is 2. The second-order valence-corrected chi connectivity index (χ2v) is 8.86. The van der Waals surface area contributed by atoms with E-state index in [0.717, 1.165) is 38.1 Å². The summed E-state index contributed by atoms with van der Waals surface area (Å²) < 4.78 is 13.3. The lowest BCUT2D eigenvalue weighted by Crippen LogP contribution is -2.43. The fourth-order valence-corrected chi connectivity index (χ4v) is 4.66. The van der Waals surface area contributed by atoms with E-state index < -0.39 is 23.5 Å². The average molecular weight is 513 g/mol. The van der Waals surface area contributed by atoms with Gasteiger partial charge in [-0.15, -0.1) is 0 Å². The molecule has 3 aromatic rings. The molecule has 1 aliphatic rings. The fraction of sp³-hybridized carbons (Fsp3) is 0.280. The minimum atomic E-state index is -0.774. The number of likely N-dealkylation sites (N-methyl/N-ethyl adjacent to an activating group) is 1. The maximum atomic E-state index is 13.5. The van der Waals surface area contributed by atoms with Crippen LogP contribution in [-0.4, -0.2) is 58.3 Å². The van der Waals surface area contributed by atoms with Crippen LogP contribution in [0.3, 0.4) is 0 Å². The van der Waals surface area contributed by atoms with E-state index in [1.807, 2.05) is 0 Å². The molecular formula is C25H26ClFN6O3. The van der Waals surface area contributed by atoms with Crippen LogP contribution in [0.25, 0.3) is 0 Å². The molecule has 188 valence electrons. The molecule has 0 unspecified atom stereocenters. The second kappa shape index (κ2) is 10.9. The Morgan fingerprint density at radius 2 is 2.00 bits per heavy atom. The van der Waals surface area contributed by atoms with Crippen molar-refractivity contribution < 1.29 is 18.8 Å². The Bertz CT molecular complexity index is 1280. The molecule has 9 nitrogen and oxygen atoms in total. The topological polar surface area (TPSA) is 124 Å². The second-order valence-electron chi connectivity index (χ2n) is 8.46. The molecule has 1 saturated heterocycles. The Balaban J connectivity index is 1.59. The number of aromatic amines is 1. The number of aromatic nitrogens is 2. The first-order valence-electron chi connectivity index (χ1n) is 11.5. The first-order chi connectivity index (χ1) is 17.3. The van der Waals surface area contributed by atoms with E-state index in [0.29, 0.717) is 17.9 Å². The summed E-state index contributed by atoms with van der Waals surface area (Å²) >= 11 is 5.99. The summed E-state index contributed by atoms with van der Waals surface area (Å²) in [6.45, 7) is 4.29. The summed E-state index contributed by atoms with van der Waals surface area (Å²) in [7, 11) is 0. The summed E-state index contributed by atoms with van der Waals surface area (Å²) in [5.41, 5.74) is 6.48. The molecular weight excluding hydrogens is 487 g/mol. The monoisotopic (exact) mass is 512 g/mol. The van der Waals surface area contributed by atoms with Crippen molar-refractivity contribution in [1.29, 1.82) is 0 Å². The lowest BCUT2D eigenvalue weighted by molar-refractivity contribution is 0.0950. The van der Waals surface area contributed by atoms with Gasteiger partial charge in [-0.3, -0.25) is 19.3 Å². The Morgan fingerprint density at radius 3 is 2.67 bits per heavy atom. The normalized spacial score (nSPS) is 15.6. The molecule has 3 amide bonds. The highest BCUT2D eigenvalue weighted by atomic mass is 35.5. The lowest BCUT2D eigenvalue weighted by atomic mass is 10.1. The number of benzene rings is 2. The molecule has 1 atom stereocenters. The Morgan fingerprint density at radius 1 is 1.25 bits per heavy atom. The molecule has 0 aliphatic carbocycles. The number of nitrogens with zero attached hydrogens (tertiary/aromatic N) is 3. The lowest BCUT2D eigenvalue weighted by Gasteiger charge is -2.30. The fourth-order valence-electron chi connectivity index (χ4n) is 4.40. The minimum absolute atomic E-state index is 0.00203. The number of nitrogens with one attached hydrogen (secondary N) is 2. The average Bonchev–Trinajstić information content (AvgIpc) is 3.52. The van der Waals surface area contributed by atoms with E-state index in [2.05, 4.69) is 27.1 Å². The number of hydrogen-bond acceptors (Lipinski definition) is 5. The molecule has 0 radical (unpaired) electrons. The van der Waals surface area contributed by atoms with Gasteiger partial charge < -0.3 is 20.9 Å². The molecule has 4 N–H and O–H groups in total. The van der Waals surface area contributed by atoms with Crippen LogP contribution in [-0.2, 0) is 0 Å². The number of carbonyl (C=O) groups excluding carboxylic acids is 3. The number of imidazole rings is 1. The zero-order chi connectivity index (χ0) is 25.8. The Labute approximate surface area is 212 Å². The van der Waals surface area contributed by atoms with Crippen molar-refractivity contribution in [3.63, 3.8) is 0 Å². The highest BCUT2D eigenvalue weighted by Gasteiger charge is 2.31. The third-order valence-electron chi connectivity index (χ3n) is 6.24. The molecule has 0 saturated carbocycles. The summed E-state index contributed by atoms with van der Waals surface area (Å²) in [5.74, 6) is -2.26. The van der Waals surface area contributed by atoms with Crippen LogP contribution in [0.1, 0.15) is 51.1 Å². The molecule has 11 heteroatoms. The quantitative estimate of drug-likeness (QED) is 0.424. The molecule has 0 spiro atoms. The molecule has 1 aromatic heterocycles. The number of anilines is 2. The van der Waals surface area contributed by atoms with Crippen LogP contribution in [0, 0.1) is 5.82 Å². The molecule has 0 bridgehead atoms. The van der Waals surface area contributed by atoms with Crippen molar-refractivity contribution in [3.05, 3.63) is 76.6 Å². The van der Waals surface area contributed by atoms with Crippen LogP contribution < -0.4 is 16.0 Å². The van der Waals surface area contributed by atoms with Gasteiger partial charge in [-0.1, -0.05) is 18.5 Å². The van der Waals surface area contributed by atoms with Gasteiger partial charge in [0.25, 0.3) is 17.7 Å². The number of primary amides is 1. The van der Waals surface area contributed by atoms with Gasteiger partial charge in [-0.2, -0.15) is 0 Å². The van der Waals surface area contributed by atoms with Crippen LogP contribution in [0.5, 0.6) is 0 Å². The van der Waals surface area contributed by atoms with E-state index in [9.17, 15) is 18.8 Å². The van der Waals surface area contributed by atoms with E-state index in [-0.39, 0.29) is 28.0 Å². The van der Waals surface area contributed by atoms with Crippen molar-refractivity contribution >= 4 is 40.7 Å². The van der Waals surface area contributed by atoms with Crippen LogP contribution in [0.4, 0.5) is 15.8 Å². The molecule has 2 aromatic carbocycles. The largest absolute Gasteiger partial charge is 0.364 e. The van der Waals surface area contributed by atoms with Crippen LogP contribution in [0.2, 0.25) is 5.02 Å². The van der Waals surface area contributed by atoms with Crippen molar-refractivity contribution in [1.82, 2.24) is 14.9 Å². The minimum Gasteiger partial charge on any atom is -0.364 e. The zero-order valence-electron chi connectivity index (χ0n) is 19.6. The number of hydrogen-bond donors (Lipinski definition) is 3. The summed E-state index contributed by atoms with van der Waals surface area (Å²) in [6.07, 6.45) is 3.23. The van der Waals surface area contributed by atoms with Gasteiger partial charge in [0.15, 0.2) is 5.69 Å². The molecule has 1 fully saturated rings. The first kappa shape index (κ1) is 25.3. The number of amides is 3. The number of rotatable bonds is 8. The highest BCUT2D eigenvalue weighted by Crippen LogP contribution is 2.26. The van der Waals surface area contributed by atoms with Gasteiger partial charge in [-0.25, -0.2) is 9.37 Å². The molecule has 1 aliphatic heterocycles. The summed E-state index contributed by atoms with van der Waals surface area (Å²) in [5, 5.41) is 2.72. The number of carbonyl (C=O) groups is 3. The van der Waals surface area contributed by atoms with Gasteiger partial charge in [0, 0.05) is 24.0 Å². The van der Waals surface area contributed by atoms with E-state index in [4.69, 9.17) is 17.3 Å². The van der Waals surface area contributed by atoms with Gasteiger partial charge in [-0.05, 0) is 68.4 Å². The third kappa shape index (κ3) is 5.39. The number of likely N-dealkylation sites (tertiary alicyclic amines) is 1. The predicted octanol–water partition coefficient (Wildman–Crippen LogP) is 3.68. The van der Waals surface area contributed by atoms with E-state index in [1.165, 1.54) is 12.4 Å². The van der Waals surface area contributed by atoms with Gasteiger partial charge in [0.1, 0.15) is 11.5 Å². The van der Waals surface area contributed by atoms with E-state index >= 15 is 0 Å². The third-order valence-corrected chi connectivity index (χ3v) is 6.56. The highest BCUT2D eigenvalue weighted by molar-refractivity contribution is 6.34. The number of H-pyrrole nitrogens is 1. The smallest absolute Gasteiger partial charge is 0.279 e. The van der Waals surface area contributed by atoms with Crippen molar-refractivity contribution in [2.75, 3.05) is 29.9 Å². The van der Waals surface area contributed by atoms with Crippen LogP contribution >= 0.6 is 11.6 Å². The summed E-state index contributed by atoms with van der Waals surface area (Å²) in [4.78, 5) is 48.5.